The fourth-order valence-electron chi connectivity index (χ4n) is 5.35. The van der Waals surface area contributed by atoms with Gasteiger partial charge in [-0.3, -0.25) is 19.9 Å². The van der Waals surface area contributed by atoms with Crippen LogP contribution in [-0.4, -0.2) is 19.9 Å². The van der Waals surface area contributed by atoms with Crippen LogP contribution in [0.3, 0.4) is 0 Å². The highest BCUT2D eigenvalue weighted by Crippen LogP contribution is 2.33. The first-order valence-electron chi connectivity index (χ1n) is 13.4. The zero-order chi connectivity index (χ0) is 27.6. The average Bonchev–Trinajstić information content (AvgIpc) is 2.98. The first kappa shape index (κ1) is 25.3. The summed E-state index contributed by atoms with van der Waals surface area (Å²) in [6.07, 6.45) is 11.3. The molecule has 0 radical (unpaired) electrons. The molecule has 194 valence electrons. The van der Waals surface area contributed by atoms with Crippen molar-refractivity contribution in [2.75, 3.05) is 0 Å². The molecule has 0 aliphatic heterocycles. The monoisotopic (exact) mass is 518 g/mol. The van der Waals surface area contributed by atoms with Crippen molar-refractivity contribution in [3.63, 3.8) is 0 Å². The Hall–Kier alpha value is -4.96. The highest BCUT2D eigenvalue weighted by Gasteiger charge is 2.13. The van der Waals surface area contributed by atoms with Crippen molar-refractivity contribution in [1.29, 1.82) is 0 Å². The number of aryl methyl sites for hydroxylation is 4. The van der Waals surface area contributed by atoms with Crippen LogP contribution in [0.1, 0.15) is 22.3 Å². The predicted molar refractivity (Wildman–Crippen MR) is 164 cm³/mol. The maximum atomic E-state index is 4.90. The third-order valence-electron chi connectivity index (χ3n) is 7.44. The Bertz CT molecular complexity index is 1830. The zero-order valence-electron chi connectivity index (χ0n) is 23.2. The van der Waals surface area contributed by atoms with Crippen LogP contribution in [0.15, 0.2) is 110 Å². The minimum Gasteiger partial charge on any atom is -0.264 e. The number of benzene rings is 2. The molecule has 4 aromatic heterocycles. The minimum absolute atomic E-state index is 0.958. The van der Waals surface area contributed by atoms with Gasteiger partial charge in [-0.1, -0.05) is 48.5 Å². The number of rotatable bonds is 5. The van der Waals surface area contributed by atoms with E-state index in [0.29, 0.717) is 0 Å². The Labute approximate surface area is 235 Å². The van der Waals surface area contributed by atoms with Gasteiger partial charge in [-0.2, -0.15) is 0 Å². The van der Waals surface area contributed by atoms with Gasteiger partial charge in [0.2, 0.25) is 0 Å². The molecule has 0 aliphatic rings. The molecule has 0 saturated heterocycles. The standard InChI is InChI=1S/C36H30N4/c1-23-15-27(29-7-5-13-37-19-29)9-11-33(23)31-17-25(3)35(39-21-31)32-18-26(4)36(40-22-32)34-12-10-28(16-24(34)2)30-8-6-14-38-20-30/h5-22H,1-4H3. The van der Waals surface area contributed by atoms with E-state index in [1.807, 2.05) is 36.9 Å². The Morgan fingerprint density at radius 1 is 0.400 bits per heavy atom. The van der Waals surface area contributed by atoms with Crippen LogP contribution in [0.25, 0.3) is 55.9 Å². The van der Waals surface area contributed by atoms with Gasteiger partial charge in [-0.15, -0.1) is 0 Å². The van der Waals surface area contributed by atoms with Crippen molar-refractivity contribution in [1.82, 2.24) is 19.9 Å². The van der Waals surface area contributed by atoms with E-state index in [2.05, 4.69) is 98.3 Å². The Morgan fingerprint density at radius 2 is 0.900 bits per heavy atom. The molecule has 0 aliphatic carbocycles. The van der Waals surface area contributed by atoms with Crippen molar-refractivity contribution in [3.8, 4) is 55.9 Å². The van der Waals surface area contributed by atoms with E-state index in [4.69, 9.17) is 9.97 Å². The summed E-state index contributed by atoms with van der Waals surface area (Å²) in [6, 6.07) is 25.6. The van der Waals surface area contributed by atoms with Crippen LogP contribution < -0.4 is 0 Å². The average molecular weight is 519 g/mol. The lowest BCUT2D eigenvalue weighted by Crippen LogP contribution is -1.96. The molecule has 6 aromatic rings. The Morgan fingerprint density at radius 3 is 1.43 bits per heavy atom. The van der Waals surface area contributed by atoms with Gasteiger partial charge in [0, 0.05) is 53.9 Å². The summed E-state index contributed by atoms with van der Waals surface area (Å²) in [5, 5.41) is 0. The zero-order valence-corrected chi connectivity index (χ0v) is 23.2. The number of aromatic nitrogens is 4. The van der Waals surface area contributed by atoms with Gasteiger partial charge in [-0.25, -0.2) is 0 Å². The highest BCUT2D eigenvalue weighted by atomic mass is 14.7. The SMILES string of the molecule is Cc1cc(-c2cccnc2)ccc1-c1cnc(-c2cnc(-c3ccc(-c4cccnc4)cc3C)c(C)c2)c(C)c1. The van der Waals surface area contributed by atoms with Gasteiger partial charge in [0.1, 0.15) is 0 Å². The summed E-state index contributed by atoms with van der Waals surface area (Å²) in [4.78, 5) is 18.3. The molecule has 2 aromatic carbocycles. The molecule has 0 unspecified atom stereocenters. The number of hydrogen-bond donors (Lipinski definition) is 0. The third kappa shape index (κ3) is 4.92. The predicted octanol–water partition coefficient (Wildman–Crippen LogP) is 8.84. The highest BCUT2D eigenvalue weighted by molar-refractivity contribution is 5.77. The number of hydrogen-bond acceptors (Lipinski definition) is 4. The largest absolute Gasteiger partial charge is 0.264 e. The van der Waals surface area contributed by atoms with Gasteiger partial charge >= 0.3 is 0 Å². The molecular weight excluding hydrogens is 488 g/mol. The summed E-state index contributed by atoms with van der Waals surface area (Å²) in [5.41, 5.74) is 15.6. The van der Waals surface area contributed by atoms with Gasteiger partial charge in [0.25, 0.3) is 0 Å². The van der Waals surface area contributed by atoms with Crippen LogP contribution >= 0.6 is 0 Å². The van der Waals surface area contributed by atoms with E-state index in [-0.39, 0.29) is 0 Å². The van der Waals surface area contributed by atoms with Crippen LogP contribution in [0.5, 0.6) is 0 Å². The van der Waals surface area contributed by atoms with E-state index < -0.39 is 0 Å². The second-order valence-corrected chi connectivity index (χ2v) is 10.3. The van der Waals surface area contributed by atoms with E-state index >= 15 is 0 Å². The van der Waals surface area contributed by atoms with Crippen molar-refractivity contribution < 1.29 is 0 Å². The molecular formula is C36H30N4. The first-order valence-corrected chi connectivity index (χ1v) is 13.4. The molecule has 6 rings (SSSR count). The van der Waals surface area contributed by atoms with Crippen molar-refractivity contribution in [2.45, 2.75) is 27.7 Å². The molecule has 4 heteroatoms. The van der Waals surface area contributed by atoms with Crippen LogP contribution in [0.4, 0.5) is 0 Å². The van der Waals surface area contributed by atoms with Crippen LogP contribution in [0, 0.1) is 27.7 Å². The molecule has 0 N–H and O–H groups in total. The lowest BCUT2D eigenvalue weighted by Gasteiger charge is -2.14. The first-order chi connectivity index (χ1) is 19.5. The van der Waals surface area contributed by atoms with Gasteiger partial charge in [-0.05, 0) is 102 Å². The van der Waals surface area contributed by atoms with Gasteiger partial charge < -0.3 is 0 Å². The van der Waals surface area contributed by atoms with E-state index in [1.165, 1.54) is 22.3 Å². The molecule has 0 atom stereocenters. The molecule has 0 amide bonds. The number of pyridine rings is 4. The minimum atomic E-state index is 0.958. The summed E-state index contributed by atoms with van der Waals surface area (Å²) in [6.45, 7) is 8.53. The molecule has 4 heterocycles. The molecule has 0 saturated carbocycles. The second kappa shape index (κ2) is 10.7. The van der Waals surface area contributed by atoms with E-state index in [0.717, 1.165) is 55.9 Å². The molecule has 0 spiro atoms. The summed E-state index contributed by atoms with van der Waals surface area (Å²) in [7, 11) is 0. The molecule has 0 fully saturated rings. The Balaban J connectivity index is 1.28. The third-order valence-corrected chi connectivity index (χ3v) is 7.44. The van der Waals surface area contributed by atoms with Crippen molar-refractivity contribution in [3.05, 3.63) is 132 Å². The smallest absolute Gasteiger partial charge is 0.0747 e. The Kier molecular flexibility index (Phi) is 6.75. The maximum Gasteiger partial charge on any atom is 0.0747 e. The van der Waals surface area contributed by atoms with Gasteiger partial charge in [0.15, 0.2) is 0 Å². The lowest BCUT2D eigenvalue weighted by molar-refractivity contribution is 1.22. The topological polar surface area (TPSA) is 51.6 Å². The lowest BCUT2D eigenvalue weighted by atomic mass is 9.94. The second-order valence-electron chi connectivity index (χ2n) is 10.3. The van der Waals surface area contributed by atoms with E-state index in [9.17, 15) is 0 Å². The normalized spacial score (nSPS) is 11.0. The van der Waals surface area contributed by atoms with E-state index in [1.54, 1.807) is 12.4 Å². The maximum absolute atomic E-state index is 4.90. The van der Waals surface area contributed by atoms with Crippen molar-refractivity contribution in [2.24, 2.45) is 0 Å². The van der Waals surface area contributed by atoms with Crippen molar-refractivity contribution >= 4 is 0 Å². The summed E-state index contributed by atoms with van der Waals surface area (Å²) >= 11 is 0. The molecule has 0 bridgehead atoms. The summed E-state index contributed by atoms with van der Waals surface area (Å²) in [5.74, 6) is 0. The van der Waals surface area contributed by atoms with Gasteiger partial charge in [0.05, 0.1) is 11.4 Å². The fourth-order valence-corrected chi connectivity index (χ4v) is 5.35. The summed E-state index contributed by atoms with van der Waals surface area (Å²) < 4.78 is 0. The van der Waals surface area contributed by atoms with Crippen LogP contribution in [0.2, 0.25) is 0 Å². The fraction of sp³-hybridized carbons (Fsp3) is 0.111. The number of nitrogens with zero attached hydrogens (tertiary/aromatic N) is 4. The molecule has 4 nitrogen and oxygen atoms in total. The quantitative estimate of drug-likeness (QED) is 0.229. The van der Waals surface area contributed by atoms with Crippen LogP contribution in [-0.2, 0) is 0 Å². The molecule has 40 heavy (non-hydrogen) atoms.